The average molecular weight is 247 g/mol. The van der Waals surface area contributed by atoms with Crippen molar-refractivity contribution in [1.29, 1.82) is 0 Å². The first-order chi connectivity index (χ1) is 8.59. The number of hydrogen-bond donors (Lipinski definition) is 2. The van der Waals surface area contributed by atoms with E-state index in [0.717, 1.165) is 17.0 Å². The zero-order valence-corrected chi connectivity index (χ0v) is 10.9. The van der Waals surface area contributed by atoms with Crippen molar-refractivity contribution in [3.63, 3.8) is 0 Å². The van der Waals surface area contributed by atoms with Gasteiger partial charge >= 0.3 is 0 Å². The van der Waals surface area contributed by atoms with Gasteiger partial charge in [0.25, 0.3) is 0 Å². The van der Waals surface area contributed by atoms with Crippen molar-refractivity contribution in [2.75, 3.05) is 0 Å². The lowest BCUT2D eigenvalue weighted by Gasteiger charge is -2.15. The van der Waals surface area contributed by atoms with Crippen molar-refractivity contribution in [3.05, 3.63) is 52.6 Å². The van der Waals surface area contributed by atoms with E-state index >= 15 is 0 Å². The molecule has 2 aromatic rings. The standard InChI is InChI=1S/C14H18FN3/c1-9(12-6-4-5-7-14(12)15)16-8-13-10(2)17-18-11(13)3/h4-7,9,16H,8H2,1-3H3,(H,17,18)/t9-/m1/s1. The van der Waals surface area contributed by atoms with Crippen LogP contribution in [0.3, 0.4) is 0 Å². The van der Waals surface area contributed by atoms with Crippen LogP contribution >= 0.6 is 0 Å². The van der Waals surface area contributed by atoms with Crippen molar-refractivity contribution in [2.45, 2.75) is 33.4 Å². The van der Waals surface area contributed by atoms with E-state index in [9.17, 15) is 4.39 Å². The maximum Gasteiger partial charge on any atom is 0.127 e. The highest BCUT2D eigenvalue weighted by Gasteiger charge is 2.12. The molecule has 0 aliphatic carbocycles. The second kappa shape index (κ2) is 5.31. The Morgan fingerprint density at radius 2 is 2.06 bits per heavy atom. The van der Waals surface area contributed by atoms with E-state index in [0.29, 0.717) is 12.1 Å². The van der Waals surface area contributed by atoms with Crippen LogP contribution in [0, 0.1) is 19.7 Å². The predicted molar refractivity (Wildman–Crippen MR) is 69.7 cm³/mol. The van der Waals surface area contributed by atoms with Gasteiger partial charge < -0.3 is 5.32 Å². The molecule has 18 heavy (non-hydrogen) atoms. The van der Waals surface area contributed by atoms with Gasteiger partial charge in [0.1, 0.15) is 5.82 Å². The lowest BCUT2D eigenvalue weighted by atomic mass is 10.1. The molecule has 1 heterocycles. The molecule has 0 saturated heterocycles. The van der Waals surface area contributed by atoms with Crippen LogP contribution in [0.25, 0.3) is 0 Å². The van der Waals surface area contributed by atoms with Crippen LogP contribution in [0.15, 0.2) is 24.3 Å². The van der Waals surface area contributed by atoms with Gasteiger partial charge in [-0.3, -0.25) is 5.10 Å². The summed E-state index contributed by atoms with van der Waals surface area (Å²) in [6.45, 7) is 6.60. The summed E-state index contributed by atoms with van der Waals surface area (Å²) in [5, 5.41) is 10.4. The fraction of sp³-hybridized carbons (Fsp3) is 0.357. The average Bonchev–Trinajstić information content (AvgIpc) is 2.67. The molecule has 0 amide bonds. The second-order valence-electron chi connectivity index (χ2n) is 4.54. The fourth-order valence-electron chi connectivity index (χ4n) is 2.03. The minimum atomic E-state index is -0.168. The molecule has 3 nitrogen and oxygen atoms in total. The molecule has 0 bridgehead atoms. The molecule has 1 aromatic carbocycles. The number of benzene rings is 1. The van der Waals surface area contributed by atoms with Gasteiger partial charge in [-0.15, -0.1) is 0 Å². The van der Waals surface area contributed by atoms with Crippen LogP contribution in [0.5, 0.6) is 0 Å². The topological polar surface area (TPSA) is 40.7 Å². The van der Waals surface area contributed by atoms with Gasteiger partial charge in [-0.25, -0.2) is 4.39 Å². The third kappa shape index (κ3) is 2.59. The summed E-state index contributed by atoms with van der Waals surface area (Å²) in [5.74, 6) is -0.168. The van der Waals surface area contributed by atoms with E-state index in [2.05, 4.69) is 15.5 Å². The molecule has 0 unspecified atom stereocenters. The normalized spacial score (nSPS) is 12.7. The molecule has 4 heteroatoms. The number of halogens is 1. The van der Waals surface area contributed by atoms with Gasteiger partial charge in [-0.2, -0.15) is 5.10 Å². The molecule has 0 spiro atoms. The van der Waals surface area contributed by atoms with E-state index in [-0.39, 0.29) is 11.9 Å². The molecule has 1 aromatic heterocycles. The third-order valence-electron chi connectivity index (χ3n) is 3.24. The predicted octanol–water partition coefficient (Wildman–Crippen LogP) is 3.02. The minimum absolute atomic E-state index is 0.0279. The monoisotopic (exact) mass is 247 g/mol. The molecule has 1 atom stereocenters. The molecular weight excluding hydrogens is 229 g/mol. The Bertz CT molecular complexity index is 514. The first-order valence-electron chi connectivity index (χ1n) is 6.08. The quantitative estimate of drug-likeness (QED) is 0.872. The summed E-state index contributed by atoms with van der Waals surface area (Å²) in [7, 11) is 0. The third-order valence-corrected chi connectivity index (χ3v) is 3.24. The van der Waals surface area contributed by atoms with Crippen LogP contribution in [0.4, 0.5) is 4.39 Å². The van der Waals surface area contributed by atoms with Crippen LogP contribution in [0.1, 0.15) is 35.5 Å². The number of nitrogens with zero attached hydrogens (tertiary/aromatic N) is 1. The Labute approximate surface area is 106 Å². The smallest absolute Gasteiger partial charge is 0.127 e. The second-order valence-corrected chi connectivity index (χ2v) is 4.54. The van der Waals surface area contributed by atoms with Gasteiger partial charge in [0, 0.05) is 29.4 Å². The largest absolute Gasteiger partial charge is 0.306 e. The first kappa shape index (κ1) is 12.8. The zero-order valence-electron chi connectivity index (χ0n) is 10.9. The first-order valence-corrected chi connectivity index (χ1v) is 6.08. The molecule has 0 aliphatic heterocycles. The maximum atomic E-state index is 13.6. The molecular formula is C14H18FN3. The number of aromatic amines is 1. The van der Waals surface area contributed by atoms with E-state index in [1.165, 1.54) is 6.07 Å². The number of hydrogen-bond acceptors (Lipinski definition) is 2. The number of rotatable bonds is 4. The molecule has 2 rings (SSSR count). The highest BCUT2D eigenvalue weighted by Crippen LogP contribution is 2.17. The van der Waals surface area contributed by atoms with Crippen LogP contribution in [-0.2, 0) is 6.54 Å². The molecule has 0 radical (unpaired) electrons. The van der Waals surface area contributed by atoms with E-state index < -0.39 is 0 Å². The van der Waals surface area contributed by atoms with Crippen LogP contribution in [0.2, 0.25) is 0 Å². The molecule has 0 saturated carbocycles. The number of aromatic nitrogens is 2. The summed E-state index contributed by atoms with van der Waals surface area (Å²) >= 11 is 0. The molecule has 0 fully saturated rings. The van der Waals surface area contributed by atoms with Gasteiger partial charge in [-0.1, -0.05) is 18.2 Å². The lowest BCUT2D eigenvalue weighted by Crippen LogP contribution is -2.19. The highest BCUT2D eigenvalue weighted by atomic mass is 19.1. The zero-order chi connectivity index (χ0) is 13.1. The van der Waals surface area contributed by atoms with E-state index in [1.54, 1.807) is 6.07 Å². The van der Waals surface area contributed by atoms with Crippen LogP contribution < -0.4 is 5.32 Å². The Balaban J connectivity index is 2.05. The van der Waals surface area contributed by atoms with Crippen LogP contribution in [-0.4, -0.2) is 10.2 Å². The number of aryl methyl sites for hydroxylation is 2. The van der Waals surface area contributed by atoms with Crippen molar-refractivity contribution < 1.29 is 4.39 Å². The van der Waals surface area contributed by atoms with Gasteiger partial charge in [0.05, 0.1) is 5.69 Å². The number of H-pyrrole nitrogens is 1. The minimum Gasteiger partial charge on any atom is -0.306 e. The molecule has 96 valence electrons. The number of nitrogens with one attached hydrogen (secondary N) is 2. The summed E-state index contributed by atoms with van der Waals surface area (Å²) < 4.78 is 13.6. The van der Waals surface area contributed by atoms with Gasteiger partial charge in [-0.05, 0) is 26.8 Å². The van der Waals surface area contributed by atoms with Crippen molar-refractivity contribution in [1.82, 2.24) is 15.5 Å². The van der Waals surface area contributed by atoms with Crippen molar-refractivity contribution >= 4 is 0 Å². The lowest BCUT2D eigenvalue weighted by molar-refractivity contribution is 0.527. The highest BCUT2D eigenvalue weighted by molar-refractivity contribution is 5.24. The van der Waals surface area contributed by atoms with E-state index in [4.69, 9.17) is 0 Å². The van der Waals surface area contributed by atoms with Crippen molar-refractivity contribution in [2.24, 2.45) is 0 Å². The summed E-state index contributed by atoms with van der Waals surface area (Å²) in [6, 6.07) is 6.82. The Kier molecular flexibility index (Phi) is 3.77. The summed E-state index contributed by atoms with van der Waals surface area (Å²) in [6.07, 6.45) is 0. The Hall–Kier alpha value is -1.68. The van der Waals surface area contributed by atoms with Crippen molar-refractivity contribution in [3.8, 4) is 0 Å². The Morgan fingerprint density at radius 3 is 2.67 bits per heavy atom. The maximum absolute atomic E-state index is 13.6. The Morgan fingerprint density at radius 1 is 1.33 bits per heavy atom. The van der Waals surface area contributed by atoms with Gasteiger partial charge in [0.15, 0.2) is 0 Å². The molecule has 0 aliphatic rings. The van der Waals surface area contributed by atoms with E-state index in [1.807, 2.05) is 32.9 Å². The van der Waals surface area contributed by atoms with Gasteiger partial charge in [0.2, 0.25) is 0 Å². The summed E-state index contributed by atoms with van der Waals surface area (Å²) in [5.41, 5.74) is 3.89. The fourth-order valence-corrected chi connectivity index (χ4v) is 2.03. The summed E-state index contributed by atoms with van der Waals surface area (Å²) in [4.78, 5) is 0. The SMILES string of the molecule is Cc1n[nH]c(C)c1CN[C@H](C)c1ccccc1F. The molecule has 2 N–H and O–H groups in total.